The third kappa shape index (κ3) is 4.45. The van der Waals surface area contributed by atoms with Gasteiger partial charge in [-0.3, -0.25) is 4.90 Å². The number of nitrogens with zero attached hydrogens (tertiary/aromatic N) is 2. The number of amides is 2. The summed E-state index contributed by atoms with van der Waals surface area (Å²) in [5.74, 6) is 0.933. The largest absolute Gasteiger partial charge is 0.468 e. The van der Waals surface area contributed by atoms with Crippen molar-refractivity contribution in [3.8, 4) is 0 Å². The van der Waals surface area contributed by atoms with Crippen LogP contribution in [0.3, 0.4) is 0 Å². The van der Waals surface area contributed by atoms with E-state index in [9.17, 15) is 4.79 Å². The van der Waals surface area contributed by atoms with E-state index in [4.69, 9.17) is 4.42 Å². The van der Waals surface area contributed by atoms with E-state index in [-0.39, 0.29) is 12.1 Å². The first kappa shape index (κ1) is 17.9. The van der Waals surface area contributed by atoms with Gasteiger partial charge < -0.3 is 20.0 Å². The molecule has 4 rings (SSSR count). The number of furan rings is 1. The smallest absolute Gasteiger partial charge is 0.317 e. The number of carbonyl (C=O) groups is 1. The summed E-state index contributed by atoms with van der Waals surface area (Å²) in [7, 11) is 0. The van der Waals surface area contributed by atoms with E-state index in [2.05, 4.69) is 27.7 Å². The average Bonchev–Trinajstić information content (AvgIpc) is 3.46. The number of hydrogen-bond acceptors (Lipinski definition) is 4. The van der Waals surface area contributed by atoms with Crippen LogP contribution in [0.4, 0.5) is 10.5 Å². The highest BCUT2D eigenvalue weighted by Crippen LogP contribution is 2.25. The van der Waals surface area contributed by atoms with Crippen molar-refractivity contribution in [2.45, 2.75) is 31.3 Å². The van der Waals surface area contributed by atoms with Crippen LogP contribution in [0.25, 0.3) is 0 Å². The molecule has 2 aromatic rings. The van der Waals surface area contributed by atoms with Gasteiger partial charge in [-0.25, -0.2) is 4.79 Å². The standard InChI is InChI=1S/C21H28N4O2/c26-21(25-13-10-18(16-25)23-17-7-2-1-3-8-17)22-15-19(20-9-6-14-27-20)24-11-4-5-12-24/h1-3,6-9,14,18-19,23H,4-5,10-13,15-16H2,(H,22,26)/t18-,19+/m1/s1. The molecule has 144 valence electrons. The lowest BCUT2D eigenvalue weighted by Crippen LogP contribution is -2.43. The zero-order valence-electron chi connectivity index (χ0n) is 15.6. The molecule has 2 saturated heterocycles. The molecule has 0 aliphatic carbocycles. The minimum absolute atomic E-state index is 0.0168. The van der Waals surface area contributed by atoms with Crippen LogP contribution in [0.2, 0.25) is 0 Å². The molecule has 6 heteroatoms. The van der Waals surface area contributed by atoms with Crippen molar-refractivity contribution in [1.29, 1.82) is 0 Å². The maximum absolute atomic E-state index is 12.7. The van der Waals surface area contributed by atoms with E-state index < -0.39 is 0 Å². The summed E-state index contributed by atoms with van der Waals surface area (Å²) in [4.78, 5) is 17.0. The van der Waals surface area contributed by atoms with Crippen molar-refractivity contribution in [3.63, 3.8) is 0 Å². The molecule has 2 amide bonds. The number of urea groups is 1. The fourth-order valence-electron chi connectivity index (χ4n) is 4.07. The van der Waals surface area contributed by atoms with Gasteiger partial charge in [0.25, 0.3) is 0 Å². The minimum Gasteiger partial charge on any atom is -0.468 e. The lowest BCUT2D eigenvalue weighted by Gasteiger charge is -2.27. The summed E-state index contributed by atoms with van der Waals surface area (Å²) < 4.78 is 5.63. The first-order valence-electron chi connectivity index (χ1n) is 9.91. The highest BCUT2D eigenvalue weighted by atomic mass is 16.3. The van der Waals surface area contributed by atoms with Crippen LogP contribution in [0.1, 0.15) is 31.1 Å². The zero-order chi connectivity index (χ0) is 18.5. The Hall–Kier alpha value is -2.47. The van der Waals surface area contributed by atoms with Gasteiger partial charge in [-0.05, 0) is 56.6 Å². The highest BCUT2D eigenvalue weighted by Gasteiger charge is 2.29. The molecule has 6 nitrogen and oxygen atoms in total. The van der Waals surface area contributed by atoms with Gasteiger partial charge in [0.15, 0.2) is 0 Å². The van der Waals surface area contributed by atoms with Crippen LogP contribution in [-0.4, -0.2) is 54.6 Å². The van der Waals surface area contributed by atoms with Crippen molar-refractivity contribution in [3.05, 3.63) is 54.5 Å². The minimum atomic E-state index is 0.0168. The van der Waals surface area contributed by atoms with E-state index in [0.717, 1.165) is 44.0 Å². The Kier molecular flexibility index (Phi) is 5.63. The number of hydrogen-bond donors (Lipinski definition) is 2. The Balaban J connectivity index is 1.29. The molecule has 2 N–H and O–H groups in total. The first-order valence-corrected chi connectivity index (χ1v) is 9.91. The van der Waals surface area contributed by atoms with Gasteiger partial charge in [-0.2, -0.15) is 0 Å². The molecule has 0 saturated carbocycles. The summed E-state index contributed by atoms with van der Waals surface area (Å²) in [5, 5.41) is 6.64. The number of carbonyl (C=O) groups excluding carboxylic acids is 1. The van der Waals surface area contributed by atoms with Gasteiger partial charge in [0.05, 0.1) is 12.3 Å². The maximum Gasteiger partial charge on any atom is 0.317 e. The number of para-hydroxylation sites is 1. The topological polar surface area (TPSA) is 60.8 Å². The van der Waals surface area contributed by atoms with Gasteiger partial charge in [0.1, 0.15) is 5.76 Å². The second-order valence-corrected chi connectivity index (χ2v) is 7.40. The molecule has 2 aliphatic rings. The molecular formula is C21H28N4O2. The van der Waals surface area contributed by atoms with Crippen molar-refractivity contribution in [2.75, 3.05) is 38.0 Å². The summed E-state index contributed by atoms with van der Waals surface area (Å²) in [6.45, 7) is 4.23. The fraction of sp³-hybridized carbons (Fsp3) is 0.476. The summed E-state index contributed by atoms with van der Waals surface area (Å²) in [6, 6.07) is 14.5. The number of rotatable bonds is 6. The Morgan fingerprint density at radius 2 is 1.93 bits per heavy atom. The third-order valence-corrected chi connectivity index (χ3v) is 5.52. The van der Waals surface area contributed by atoms with Crippen LogP contribution in [0.5, 0.6) is 0 Å². The normalized spacial score (nSPS) is 21.3. The monoisotopic (exact) mass is 368 g/mol. The molecule has 0 bridgehead atoms. The zero-order valence-corrected chi connectivity index (χ0v) is 15.6. The molecule has 0 spiro atoms. The quantitative estimate of drug-likeness (QED) is 0.821. The summed E-state index contributed by atoms with van der Waals surface area (Å²) in [5.41, 5.74) is 1.11. The predicted octanol–water partition coefficient (Wildman–Crippen LogP) is 3.31. The molecule has 27 heavy (non-hydrogen) atoms. The lowest BCUT2D eigenvalue weighted by molar-refractivity contribution is 0.188. The van der Waals surface area contributed by atoms with Gasteiger partial charge >= 0.3 is 6.03 Å². The molecule has 0 radical (unpaired) electrons. The van der Waals surface area contributed by atoms with Crippen LogP contribution in [0.15, 0.2) is 53.1 Å². The van der Waals surface area contributed by atoms with Crippen molar-refractivity contribution >= 4 is 11.7 Å². The molecule has 0 unspecified atom stereocenters. The Morgan fingerprint density at radius 3 is 2.67 bits per heavy atom. The fourth-order valence-corrected chi connectivity index (χ4v) is 4.07. The molecule has 1 aromatic carbocycles. The van der Waals surface area contributed by atoms with E-state index >= 15 is 0 Å². The molecule has 2 fully saturated rings. The van der Waals surface area contributed by atoms with E-state index in [1.54, 1.807) is 6.26 Å². The Bertz CT molecular complexity index is 713. The average molecular weight is 368 g/mol. The predicted molar refractivity (Wildman–Crippen MR) is 106 cm³/mol. The third-order valence-electron chi connectivity index (χ3n) is 5.52. The van der Waals surface area contributed by atoms with Gasteiger partial charge in [-0.1, -0.05) is 18.2 Å². The number of nitrogens with one attached hydrogen (secondary N) is 2. The Labute approximate surface area is 160 Å². The van der Waals surface area contributed by atoms with E-state index in [0.29, 0.717) is 12.6 Å². The van der Waals surface area contributed by atoms with E-state index in [1.165, 1.54) is 12.8 Å². The number of benzene rings is 1. The second kappa shape index (κ2) is 8.48. The maximum atomic E-state index is 12.7. The van der Waals surface area contributed by atoms with Gasteiger partial charge in [0, 0.05) is 31.4 Å². The van der Waals surface area contributed by atoms with Crippen molar-refractivity contribution in [2.24, 2.45) is 0 Å². The van der Waals surface area contributed by atoms with Crippen LogP contribution >= 0.6 is 0 Å². The number of likely N-dealkylation sites (tertiary alicyclic amines) is 2. The number of anilines is 1. The van der Waals surface area contributed by atoms with Crippen LogP contribution in [0, 0.1) is 0 Å². The van der Waals surface area contributed by atoms with Gasteiger partial charge in [0.2, 0.25) is 0 Å². The summed E-state index contributed by atoms with van der Waals surface area (Å²) in [6.07, 6.45) is 5.10. The molecule has 2 atom stereocenters. The van der Waals surface area contributed by atoms with Crippen LogP contribution in [-0.2, 0) is 0 Å². The molecule has 3 heterocycles. The first-order chi connectivity index (χ1) is 13.3. The highest BCUT2D eigenvalue weighted by molar-refractivity contribution is 5.74. The molecule has 2 aliphatic heterocycles. The van der Waals surface area contributed by atoms with Gasteiger partial charge in [-0.15, -0.1) is 0 Å². The lowest BCUT2D eigenvalue weighted by atomic mass is 10.2. The van der Waals surface area contributed by atoms with E-state index in [1.807, 2.05) is 35.2 Å². The van der Waals surface area contributed by atoms with Crippen molar-refractivity contribution in [1.82, 2.24) is 15.1 Å². The van der Waals surface area contributed by atoms with Crippen LogP contribution < -0.4 is 10.6 Å². The second-order valence-electron chi connectivity index (χ2n) is 7.40. The SMILES string of the molecule is O=C(NC[C@@H](c1ccco1)N1CCCC1)N1CC[C@@H](Nc2ccccc2)C1. The molecule has 1 aromatic heterocycles. The summed E-state index contributed by atoms with van der Waals surface area (Å²) >= 11 is 0. The molecular weight excluding hydrogens is 340 g/mol. The Morgan fingerprint density at radius 1 is 1.11 bits per heavy atom. The van der Waals surface area contributed by atoms with Crippen molar-refractivity contribution < 1.29 is 9.21 Å².